The van der Waals surface area contributed by atoms with Gasteiger partial charge in [-0.2, -0.15) is 0 Å². The molecule has 0 heterocycles. The lowest BCUT2D eigenvalue weighted by atomic mass is 10.1. The zero-order valence-corrected chi connectivity index (χ0v) is 14.6. The number of aryl methyl sites for hydroxylation is 1. The van der Waals surface area contributed by atoms with Gasteiger partial charge in [-0.15, -0.1) is 0 Å². The van der Waals surface area contributed by atoms with Crippen molar-refractivity contribution >= 4 is 11.6 Å². The normalized spacial score (nSPS) is 13.0. The molecule has 4 heteroatoms. The third-order valence-corrected chi connectivity index (χ3v) is 3.97. The summed E-state index contributed by atoms with van der Waals surface area (Å²) in [5.74, 6) is 0.718. The average molecular weight is 326 g/mol. The minimum Gasteiger partial charge on any atom is -0.495 e. The minimum absolute atomic E-state index is 0.0125. The molecule has 0 aromatic heterocycles. The topological polar surface area (TPSA) is 50.4 Å². The van der Waals surface area contributed by atoms with Gasteiger partial charge in [0.1, 0.15) is 11.8 Å². The summed E-state index contributed by atoms with van der Waals surface area (Å²) < 4.78 is 5.30. The number of hydrogen-bond donors (Lipinski definition) is 2. The Morgan fingerprint density at radius 2 is 1.71 bits per heavy atom. The lowest BCUT2D eigenvalue weighted by Gasteiger charge is -2.20. The third-order valence-electron chi connectivity index (χ3n) is 3.97. The van der Waals surface area contributed by atoms with Crippen LogP contribution in [-0.4, -0.2) is 25.1 Å². The summed E-state index contributed by atoms with van der Waals surface area (Å²) >= 11 is 0. The molecular weight excluding hydrogens is 300 g/mol. The summed E-state index contributed by atoms with van der Waals surface area (Å²) in [5.41, 5.74) is 2.11. The molecule has 0 radical (unpaired) electrons. The fraction of sp³-hybridized carbons (Fsp3) is 0.350. The van der Waals surface area contributed by atoms with Crippen LogP contribution in [0, 0.1) is 0 Å². The first-order valence-corrected chi connectivity index (χ1v) is 8.34. The standard InChI is InChI=1S/C20H26N2O2/c1-15(13-14-17-9-5-4-6-10-17)21-20(23)16(2)22-18-11-7-8-12-19(18)24-3/h4-12,15-16,22H,13-14H2,1-3H3,(H,21,23)/t15-,16-/m0/s1. The number of rotatable bonds is 8. The lowest BCUT2D eigenvalue weighted by molar-refractivity contribution is -0.122. The molecule has 0 bridgehead atoms. The van der Waals surface area contributed by atoms with Crippen molar-refractivity contribution < 1.29 is 9.53 Å². The van der Waals surface area contributed by atoms with Crippen molar-refractivity contribution in [1.29, 1.82) is 0 Å². The highest BCUT2D eigenvalue weighted by atomic mass is 16.5. The Hall–Kier alpha value is -2.49. The second-order valence-corrected chi connectivity index (χ2v) is 6.00. The summed E-state index contributed by atoms with van der Waals surface area (Å²) in [4.78, 5) is 12.4. The Balaban J connectivity index is 1.82. The number of carbonyl (C=O) groups excluding carboxylic acids is 1. The molecule has 4 nitrogen and oxygen atoms in total. The van der Waals surface area contributed by atoms with Crippen molar-refractivity contribution in [1.82, 2.24) is 5.32 Å². The van der Waals surface area contributed by atoms with Crippen LogP contribution in [-0.2, 0) is 11.2 Å². The largest absolute Gasteiger partial charge is 0.495 e. The maximum Gasteiger partial charge on any atom is 0.242 e. The van der Waals surface area contributed by atoms with Crippen LogP contribution in [0.25, 0.3) is 0 Å². The average Bonchev–Trinajstić information content (AvgIpc) is 2.61. The molecule has 1 amide bonds. The molecule has 0 aliphatic heterocycles. The molecule has 0 saturated heterocycles. The van der Waals surface area contributed by atoms with E-state index in [-0.39, 0.29) is 18.0 Å². The number of benzene rings is 2. The van der Waals surface area contributed by atoms with Crippen molar-refractivity contribution in [3.05, 3.63) is 60.2 Å². The van der Waals surface area contributed by atoms with E-state index in [2.05, 4.69) is 22.8 Å². The minimum atomic E-state index is -0.333. The lowest BCUT2D eigenvalue weighted by Crippen LogP contribution is -2.42. The maximum atomic E-state index is 12.4. The van der Waals surface area contributed by atoms with Crippen molar-refractivity contribution in [3.8, 4) is 5.75 Å². The summed E-state index contributed by atoms with van der Waals surface area (Å²) in [5, 5.41) is 6.27. The SMILES string of the molecule is COc1ccccc1N[C@@H](C)C(=O)N[C@@H](C)CCc1ccccc1. The van der Waals surface area contributed by atoms with Gasteiger partial charge >= 0.3 is 0 Å². The van der Waals surface area contributed by atoms with Gasteiger partial charge in [0.15, 0.2) is 0 Å². The van der Waals surface area contributed by atoms with Crippen molar-refractivity contribution in [3.63, 3.8) is 0 Å². The molecule has 0 unspecified atom stereocenters. The van der Waals surface area contributed by atoms with Gasteiger partial charge in [0.05, 0.1) is 12.8 Å². The molecule has 0 fully saturated rings. The predicted molar refractivity (Wildman–Crippen MR) is 98.4 cm³/mol. The van der Waals surface area contributed by atoms with Gasteiger partial charge in [0.2, 0.25) is 5.91 Å². The predicted octanol–water partition coefficient (Wildman–Crippen LogP) is 3.63. The Labute approximate surface area is 144 Å². The molecule has 0 aliphatic rings. The Morgan fingerprint density at radius 3 is 2.42 bits per heavy atom. The molecular formula is C20H26N2O2. The number of methoxy groups -OCH3 is 1. The Bertz CT molecular complexity index is 643. The second kappa shape index (κ2) is 8.96. The smallest absolute Gasteiger partial charge is 0.242 e. The molecule has 2 rings (SSSR count). The summed E-state index contributed by atoms with van der Waals surface area (Å²) in [6.07, 6.45) is 1.87. The van der Waals surface area contributed by atoms with Gasteiger partial charge in [-0.1, -0.05) is 42.5 Å². The molecule has 2 N–H and O–H groups in total. The fourth-order valence-corrected chi connectivity index (χ4v) is 2.53. The van der Waals surface area contributed by atoms with Gasteiger partial charge in [-0.3, -0.25) is 4.79 Å². The number of nitrogens with one attached hydrogen (secondary N) is 2. The Kier molecular flexibility index (Phi) is 6.67. The van der Waals surface area contributed by atoms with Crippen molar-refractivity contribution in [2.45, 2.75) is 38.8 Å². The van der Waals surface area contributed by atoms with Crippen LogP contribution in [0.4, 0.5) is 5.69 Å². The van der Waals surface area contributed by atoms with Gasteiger partial charge in [-0.05, 0) is 44.4 Å². The van der Waals surface area contributed by atoms with E-state index in [1.807, 2.05) is 56.3 Å². The van der Waals surface area contributed by atoms with E-state index in [1.165, 1.54) is 5.56 Å². The highest BCUT2D eigenvalue weighted by Gasteiger charge is 2.16. The van der Waals surface area contributed by atoms with Gasteiger partial charge in [0, 0.05) is 6.04 Å². The molecule has 0 spiro atoms. The van der Waals surface area contributed by atoms with E-state index < -0.39 is 0 Å². The van der Waals surface area contributed by atoms with Crippen molar-refractivity contribution in [2.75, 3.05) is 12.4 Å². The van der Waals surface area contributed by atoms with Crippen LogP contribution in [0.5, 0.6) is 5.75 Å². The zero-order valence-electron chi connectivity index (χ0n) is 14.6. The number of hydrogen-bond acceptors (Lipinski definition) is 3. The molecule has 2 aromatic rings. The van der Waals surface area contributed by atoms with E-state index >= 15 is 0 Å². The van der Waals surface area contributed by atoms with E-state index in [4.69, 9.17) is 4.74 Å². The first-order valence-electron chi connectivity index (χ1n) is 8.34. The zero-order chi connectivity index (χ0) is 17.4. The van der Waals surface area contributed by atoms with Crippen LogP contribution in [0.3, 0.4) is 0 Å². The number of anilines is 1. The number of ether oxygens (including phenoxy) is 1. The summed E-state index contributed by atoms with van der Waals surface area (Å²) in [6, 6.07) is 17.7. The van der Waals surface area contributed by atoms with Crippen LogP contribution in [0.1, 0.15) is 25.8 Å². The summed E-state index contributed by atoms with van der Waals surface area (Å²) in [7, 11) is 1.62. The first-order chi connectivity index (χ1) is 11.6. The molecule has 2 aromatic carbocycles. The monoisotopic (exact) mass is 326 g/mol. The van der Waals surface area contributed by atoms with Gasteiger partial charge in [-0.25, -0.2) is 0 Å². The quantitative estimate of drug-likeness (QED) is 0.779. The van der Waals surface area contributed by atoms with Crippen LogP contribution in [0.15, 0.2) is 54.6 Å². The number of para-hydroxylation sites is 2. The van der Waals surface area contributed by atoms with E-state index in [9.17, 15) is 4.79 Å². The molecule has 128 valence electrons. The number of carbonyl (C=O) groups is 1. The van der Waals surface area contributed by atoms with E-state index in [1.54, 1.807) is 7.11 Å². The van der Waals surface area contributed by atoms with Crippen molar-refractivity contribution in [2.24, 2.45) is 0 Å². The second-order valence-electron chi connectivity index (χ2n) is 6.00. The van der Waals surface area contributed by atoms with E-state index in [0.29, 0.717) is 0 Å². The molecule has 0 aliphatic carbocycles. The first kappa shape index (κ1) is 17.9. The van der Waals surface area contributed by atoms with E-state index in [0.717, 1.165) is 24.3 Å². The van der Waals surface area contributed by atoms with Gasteiger partial charge < -0.3 is 15.4 Å². The fourth-order valence-electron chi connectivity index (χ4n) is 2.53. The van der Waals surface area contributed by atoms with Crippen LogP contribution < -0.4 is 15.4 Å². The maximum absolute atomic E-state index is 12.4. The molecule has 0 saturated carbocycles. The van der Waals surface area contributed by atoms with Crippen LogP contribution in [0.2, 0.25) is 0 Å². The molecule has 24 heavy (non-hydrogen) atoms. The molecule has 2 atom stereocenters. The van der Waals surface area contributed by atoms with Gasteiger partial charge in [0.25, 0.3) is 0 Å². The highest BCUT2D eigenvalue weighted by molar-refractivity contribution is 5.84. The Morgan fingerprint density at radius 1 is 1.04 bits per heavy atom. The highest BCUT2D eigenvalue weighted by Crippen LogP contribution is 2.23. The number of amides is 1. The summed E-state index contributed by atoms with van der Waals surface area (Å²) in [6.45, 7) is 3.89. The van der Waals surface area contributed by atoms with Crippen LogP contribution >= 0.6 is 0 Å². The third kappa shape index (κ3) is 5.30.